The van der Waals surface area contributed by atoms with Gasteiger partial charge in [-0.3, -0.25) is 0 Å². The van der Waals surface area contributed by atoms with E-state index in [1.54, 1.807) is 6.20 Å². The Morgan fingerprint density at radius 1 is 1.10 bits per heavy atom. The minimum Gasteiger partial charge on any atom is -0.494 e. The first-order valence-corrected chi connectivity index (χ1v) is 6.88. The van der Waals surface area contributed by atoms with Crippen LogP contribution in [0, 0.1) is 0 Å². The number of aromatic nitrogens is 2. The summed E-state index contributed by atoms with van der Waals surface area (Å²) in [6, 6.07) is 9.64. The smallest absolute Gasteiger partial charge is 0.224 e. The molecule has 5 heteroatoms. The van der Waals surface area contributed by atoms with Gasteiger partial charge < -0.3 is 15.4 Å². The van der Waals surface area contributed by atoms with E-state index in [0.29, 0.717) is 12.6 Å². The first kappa shape index (κ1) is 14.1. The van der Waals surface area contributed by atoms with Crippen molar-refractivity contribution < 1.29 is 4.74 Å². The molecular weight excluding hydrogens is 252 g/mol. The minimum absolute atomic E-state index is 0.641. The highest BCUT2D eigenvalue weighted by atomic mass is 16.5. The third-order valence-corrected chi connectivity index (χ3v) is 2.63. The van der Waals surface area contributed by atoms with Gasteiger partial charge in [0.1, 0.15) is 11.6 Å². The lowest BCUT2D eigenvalue weighted by Crippen LogP contribution is -2.05. The van der Waals surface area contributed by atoms with E-state index in [1.165, 1.54) is 0 Å². The molecule has 1 aromatic heterocycles. The van der Waals surface area contributed by atoms with Crippen molar-refractivity contribution in [1.29, 1.82) is 0 Å². The summed E-state index contributed by atoms with van der Waals surface area (Å²) in [6.45, 7) is 5.62. The molecule has 2 N–H and O–H groups in total. The number of ether oxygens (including phenoxy) is 1. The summed E-state index contributed by atoms with van der Waals surface area (Å²) in [5.41, 5.74) is 0.966. The quantitative estimate of drug-likeness (QED) is 0.808. The summed E-state index contributed by atoms with van der Waals surface area (Å²) < 4.78 is 5.41. The zero-order chi connectivity index (χ0) is 14.2. The topological polar surface area (TPSA) is 59.1 Å². The molecule has 106 valence electrons. The fourth-order valence-electron chi connectivity index (χ4n) is 1.70. The molecule has 0 atom stereocenters. The van der Waals surface area contributed by atoms with Crippen LogP contribution >= 0.6 is 0 Å². The summed E-state index contributed by atoms with van der Waals surface area (Å²) in [5.74, 6) is 2.27. The highest BCUT2D eigenvalue weighted by Crippen LogP contribution is 2.19. The maximum Gasteiger partial charge on any atom is 0.224 e. The number of benzene rings is 1. The van der Waals surface area contributed by atoms with Gasteiger partial charge in [-0.05, 0) is 43.7 Å². The fourth-order valence-corrected chi connectivity index (χ4v) is 1.70. The third-order valence-electron chi connectivity index (χ3n) is 2.63. The van der Waals surface area contributed by atoms with Crippen molar-refractivity contribution in [2.45, 2.75) is 20.3 Å². The lowest BCUT2D eigenvalue weighted by Gasteiger charge is -2.09. The second-order valence-electron chi connectivity index (χ2n) is 4.27. The molecular formula is C15H20N4O. The Kier molecular flexibility index (Phi) is 5.17. The maximum atomic E-state index is 5.41. The van der Waals surface area contributed by atoms with Crippen molar-refractivity contribution in [2.75, 3.05) is 23.8 Å². The van der Waals surface area contributed by atoms with Crippen LogP contribution < -0.4 is 15.4 Å². The van der Waals surface area contributed by atoms with E-state index in [9.17, 15) is 0 Å². The highest BCUT2D eigenvalue weighted by Gasteiger charge is 2.00. The van der Waals surface area contributed by atoms with Crippen LogP contribution in [0.1, 0.15) is 20.3 Å². The van der Waals surface area contributed by atoms with Gasteiger partial charge in [0.25, 0.3) is 0 Å². The van der Waals surface area contributed by atoms with Crippen LogP contribution in [0.25, 0.3) is 0 Å². The van der Waals surface area contributed by atoms with E-state index in [4.69, 9.17) is 4.74 Å². The number of nitrogens with one attached hydrogen (secondary N) is 2. The van der Waals surface area contributed by atoms with Gasteiger partial charge in [-0.1, -0.05) is 6.92 Å². The van der Waals surface area contributed by atoms with Gasteiger partial charge in [-0.15, -0.1) is 0 Å². The Morgan fingerprint density at radius 3 is 2.60 bits per heavy atom. The molecule has 0 radical (unpaired) electrons. The second-order valence-corrected chi connectivity index (χ2v) is 4.27. The third kappa shape index (κ3) is 4.12. The number of hydrogen-bond acceptors (Lipinski definition) is 5. The predicted molar refractivity (Wildman–Crippen MR) is 81.7 cm³/mol. The van der Waals surface area contributed by atoms with E-state index >= 15 is 0 Å². The first-order valence-electron chi connectivity index (χ1n) is 6.88. The van der Waals surface area contributed by atoms with E-state index in [1.807, 2.05) is 37.3 Å². The molecule has 2 aromatic rings. The molecule has 0 fully saturated rings. The van der Waals surface area contributed by atoms with Gasteiger partial charge in [0.2, 0.25) is 5.95 Å². The zero-order valence-corrected chi connectivity index (χ0v) is 11.9. The van der Waals surface area contributed by atoms with Crippen LogP contribution in [-0.2, 0) is 0 Å². The summed E-state index contributed by atoms with van der Waals surface area (Å²) >= 11 is 0. The maximum absolute atomic E-state index is 5.41. The highest BCUT2D eigenvalue weighted by molar-refractivity contribution is 5.57. The van der Waals surface area contributed by atoms with Crippen molar-refractivity contribution in [3.05, 3.63) is 36.5 Å². The number of rotatable bonds is 7. The van der Waals surface area contributed by atoms with Gasteiger partial charge in [0.15, 0.2) is 0 Å². The van der Waals surface area contributed by atoms with Gasteiger partial charge in [-0.2, -0.15) is 4.98 Å². The van der Waals surface area contributed by atoms with E-state index in [2.05, 4.69) is 27.5 Å². The molecule has 0 unspecified atom stereocenters. The van der Waals surface area contributed by atoms with E-state index < -0.39 is 0 Å². The van der Waals surface area contributed by atoms with Gasteiger partial charge in [0.05, 0.1) is 6.61 Å². The molecule has 2 rings (SSSR count). The second kappa shape index (κ2) is 7.33. The lowest BCUT2D eigenvalue weighted by atomic mass is 10.3. The molecule has 0 saturated heterocycles. The largest absolute Gasteiger partial charge is 0.494 e. The molecule has 0 aliphatic carbocycles. The van der Waals surface area contributed by atoms with Gasteiger partial charge in [0, 0.05) is 18.4 Å². The van der Waals surface area contributed by atoms with Crippen molar-refractivity contribution >= 4 is 17.5 Å². The molecule has 0 saturated carbocycles. The molecule has 5 nitrogen and oxygen atoms in total. The summed E-state index contributed by atoms with van der Waals surface area (Å²) in [6.07, 6.45) is 2.78. The average molecular weight is 272 g/mol. The Labute approximate surface area is 119 Å². The molecule has 1 aromatic carbocycles. The summed E-state index contributed by atoms with van der Waals surface area (Å²) in [7, 11) is 0. The van der Waals surface area contributed by atoms with Crippen molar-refractivity contribution in [2.24, 2.45) is 0 Å². The Balaban J connectivity index is 2.01. The van der Waals surface area contributed by atoms with E-state index in [0.717, 1.165) is 30.2 Å². The monoisotopic (exact) mass is 272 g/mol. The molecule has 0 aliphatic rings. The van der Waals surface area contributed by atoms with Gasteiger partial charge in [-0.25, -0.2) is 4.98 Å². The standard InChI is InChI=1S/C15H20N4O/c1-3-10-16-15-17-11-9-14(19-15)18-12-5-7-13(8-6-12)20-4-2/h5-9,11H,3-4,10H2,1-2H3,(H2,16,17,18,19). The van der Waals surface area contributed by atoms with Gasteiger partial charge >= 0.3 is 0 Å². The minimum atomic E-state index is 0.641. The molecule has 0 spiro atoms. The number of hydrogen-bond donors (Lipinski definition) is 2. The predicted octanol–water partition coefficient (Wildman–Crippen LogP) is 3.44. The average Bonchev–Trinajstić information content (AvgIpc) is 2.48. The van der Waals surface area contributed by atoms with Crippen LogP contribution in [0.4, 0.5) is 17.5 Å². The normalized spacial score (nSPS) is 10.1. The molecule has 0 amide bonds. The van der Waals surface area contributed by atoms with E-state index in [-0.39, 0.29) is 0 Å². The number of anilines is 3. The first-order chi connectivity index (χ1) is 9.81. The molecule has 1 heterocycles. The Bertz CT molecular complexity index is 528. The lowest BCUT2D eigenvalue weighted by molar-refractivity contribution is 0.340. The number of nitrogens with zero attached hydrogens (tertiary/aromatic N) is 2. The van der Waals surface area contributed by atoms with Crippen molar-refractivity contribution in [3.63, 3.8) is 0 Å². The fraction of sp³-hybridized carbons (Fsp3) is 0.333. The molecule has 0 bridgehead atoms. The van der Waals surface area contributed by atoms with Crippen LogP contribution in [-0.4, -0.2) is 23.1 Å². The Hall–Kier alpha value is -2.30. The molecule has 0 aliphatic heterocycles. The zero-order valence-electron chi connectivity index (χ0n) is 11.9. The Morgan fingerprint density at radius 2 is 1.90 bits per heavy atom. The van der Waals surface area contributed by atoms with Crippen LogP contribution in [0.15, 0.2) is 36.5 Å². The van der Waals surface area contributed by atoms with Crippen molar-refractivity contribution in [3.8, 4) is 5.75 Å². The molecule has 20 heavy (non-hydrogen) atoms. The van der Waals surface area contributed by atoms with Crippen LogP contribution in [0.2, 0.25) is 0 Å². The summed E-state index contributed by atoms with van der Waals surface area (Å²) in [4.78, 5) is 8.57. The van der Waals surface area contributed by atoms with Crippen molar-refractivity contribution in [1.82, 2.24) is 9.97 Å². The SMILES string of the molecule is CCCNc1nccc(Nc2ccc(OCC)cc2)n1. The summed E-state index contributed by atoms with van der Waals surface area (Å²) in [5, 5.41) is 6.41. The van der Waals surface area contributed by atoms with Crippen LogP contribution in [0.5, 0.6) is 5.75 Å². The van der Waals surface area contributed by atoms with Crippen LogP contribution in [0.3, 0.4) is 0 Å².